The van der Waals surface area contributed by atoms with E-state index in [1.54, 1.807) is 0 Å². The summed E-state index contributed by atoms with van der Waals surface area (Å²) >= 11 is 5.87. The van der Waals surface area contributed by atoms with Gasteiger partial charge < -0.3 is 4.90 Å². The lowest BCUT2D eigenvalue weighted by molar-refractivity contribution is 0.255. The smallest absolute Gasteiger partial charge is 0.240 e. The van der Waals surface area contributed by atoms with Crippen molar-refractivity contribution < 1.29 is 8.42 Å². The first-order valence-electron chi connectivity index (χ1n) is 9.62. The van der Waals surface area contributed by atoms with E-state index in [4.69, 9.17) is 16.9 Å². The third kappa shape index (κ3) is 5.71. The van der Waals surface area contributed by atoms with Gasteiger partial charge in [-0.05, 0) is 55.8 Å². The number of nitriles is 1. The molecule has 1 aliphatic heterocycles. The summed E-state index contributed by atoms with van der Waals surface area (Å²) in [5.74, 6) is 0. The Hall–Kier alpha value is -2.11. The fourth-order valence-electron chi connectivity index (χ4n) is 3.40. The van der Waals surface area contributed by atoms with E-state index >= 15 is 0 Å². The van der Waals surface area contributed by atoms with Gasteiger partial charge in [-0.2, -0.15) is 5.26 Å². The highest BCUT2D eigenvalue weighted by Crippen LogP contribution is 2.20. The molecule has 2 aromatic carbocycles. The van der Waals surface area contributed by atoms with Crippen LogP contribution in [0.2, 0.25) is 5.02 Å². The second-order valence-electron chi connectivity index (χ2n) is 7.17. The van der Waals surface area contributed by atoms with E-state index in [1.165, 1.54) is 29.4 Å². The highest BCUT2D eigenvalue weighted by Gasteiger charge is 2.18. The molecule has 0 radical (unpaired) electrons. The van der Waals surface area contributed by atoms with Crippen LogP contribution in [0.5, 0.6) is 0 Å². The number of anilines is 1. The van der Waals surface area contributed by atoms with Gasteiger partial charge in [0.15, 0.2) is 0 Å². The van der Waals surface area contributed by atoms with Crippen molar-refractivity contribution in [3.05, 3.63) is 58.6 Å². The average molecular weight is 433 g/mol. The molecule has 0 saturated carbocycles. The summed E-state index contributed by atoms with van der Waals surface area (Å²) in [6.45, 7) is 7.16. The van der Waals surface area contributed by atoms with Gasteiger partial charge in [-0.15, -0.1) is 0 Å². The van der Waals surface area contributed by atoms with Crippen LogP contribution in [-0.4, -0.2) is 52.6 Å². The van der Waals surface area contributed by atoms with Crippen LogP contribution in [0.25, 0.3) is 0 Å². The number of piperazine rings is 1. The molecule has 0 unspecified atom stereocenters. The normalized spacial score (nSPS) is 15.3. The van der Waals surface area contributed by atoms with Crippen LogP contribution >= 0.6 is 11.6 Å². The molecule has 1 fully saturated rings. The van der Waals surface area contributed by atoms with Crippen LogP contribution in [0.15, 0.2) is 47.4 Å². The van der Waals surface area contributed by atoms with Crippen molar-refractivity contribution in [1.82, 2.24) is 9.62 Å². The summed E-state index contributed by atoms with van der Waals surface area (Å²) in [7, 11) is -3.65. The molecular weight excluding hydrogens is 408 g/mol. The van der Waals surface area contributed by atoms with Gasteiger partial charge in [0.05, 0.1) is 15.5 Å². The molecular formula is C21H25ClN4O2S. The van der Waals surface area contributed by atoms with Crippen molar-refractivity contribution in [2.45, 2.75) is 18.2 Å². The van der Waals surface area contributed by atoms with Crippen LogP contribution < -0.4 is 9.62 Å². The average Bonchev–Trinajstić information content (AvgIpc) is 2.72. The van der Waals surface area contributed by atoms with Crippen molar-refractivity contribution in [2.75, 3.05) is 44.2 Å². The molecule has 1 N–H and O–H groups in total. The zero-order valence-corrected chi connectivity index (χ0v) is 18.0. The van der Waals surface area contributed by atoms with Gasteiger partial charge >= 0.3 is 0 Å². The van der Waals surface area contributed by atoms with Gasteiger partial charge in [-0.1, -0.05) is 23.7 Å². The van der Waals surface area contributed by atoms with E-state index in [0.29, 0.717) is 6.54 Å². The number of halogens is 1. The Morgan fingerprint density at radius 1 is 1.14 bits per heavy atom. The predicted octanol–water partition coefficient (Wildman–Crippen LogP) is 3.01. The number of nitrogens with one attached hydrogen (secondary N) is 1. The zero-order chi connectivity index (χ0) is 20.9. The van der Waals surface area contributed by atoms with E-state index in [1.807, 2.05) is 6.07 Å². The number of nitrogens with zero attached hydrogens (tertiary/aromatic N) is 3. The number of rotatable bonds is 7. The lowest BCUT2D eigenvalue weighted by Gasteiger charge is -2.36. The molecule has 0 atom stereocenters. The summed E-state index contributed by atoms with van der Waals surface area (Å²) in [6, 6.07) is 14.6. The van der Waals surface area contributed by atoms with Crippen molar-refractivity contribution in [3.8, 4) is 6.07 Å². The van der Waals surface area contributed by atoms with Gasteiger partial charge in [0.1, 0.15) is 6.07 Å². The van der Waals surface area contributed by atoms with Gasteiger partial charge in [-0.25, -0.2) is 13.1 Å². The number of sulfonamides is 1. The van der Waals surface area contributed by atoms with Gasteiger partial charge in [-0.3, -0.25) is 4.90 Å². The Morgan fingerprint density at radius 3 is 2.59 bits per heavy atom. The van der Waals surface area contributed by atoms with Crippen molar-refractivity contribution in [1.29, 1.82) is 5.26 Å². The molecule has 0 bridgehead atoms. The first kappa shape index (κ1) is 21.6. The van der Waals surface area contributed by atoms with Crippen LogP contribution in [0.3, 0.4) is 0 Å². The van der Waals surface area contributed by atoms with Crippen LogP contribution in [0.1, 0.15) is 17.5 Å². The van der Waals surface area contributed by atoms with E-state index in [0.717, 1.165) is 39.1 Å². The van der Waals surface area contributed by atoms with E-state index in [-0.39, 0.29) is 15.5 Å². The lowest BCUT2D eigenvalue weighted by atomic mass is 10.2. The number of hydrogen-bond acceptors (Lipinski definition) is 5. The minimum Gasteiger partial charge on any atom is -0.369 e. The van der Waals surface area contributed by atoms with Crippen LogP contribution in [-0.2, 0) is 10.0 Å². The quantitative estimate of drug-likeness (QED) is 0.680. The molecule has 0 spiro atoms. The Kier molecular flexibility index (Phi) is 7.14. The monoisotopic (exact) mass is 432 g/mol. The maximum absolute atomic E-state index is 12.4. The van der Waals surface area contributed by atoms with Crippen LogP contribution in [0.4, 0.5) is 5.69 Å². The number of benzene rings is 2. The third-order valence-corrected chi connectivity index (χ3v) is 6.84. The topological polar surface area (TPSA) is 76.4 Å². The maximum Gasteiger partial charge on any atom is 0.240 e. The fourth-order valence-corrected chi connectivity index (χ4v) is 4.66. The maximum atomic E-state index is 12.4. The Balaban J connectivity index is 1.43. The summed E-state index contributed by atoms with van der Waals surface area (Å²) in [5.41, 5.74) is 2.68. The van der Waals surface area contributed by atoms with Crippen molar-refractivity contribution >= 4 is 27.3 Å². The molecule has 2 aromatic rings. The molecule has 8 heteroatoms. The summed E-state index contributed by atoms with van der Waals surface area (Å²) in [4.78, 5) is 4.81. The standard InChI is InChI=1S/C21H25ClN4O2S/c1-17-4-2-5-19(14-17)26-12-10-25(11-13-26)9-3-8-24-29(27,28)20-6-7-21(22)18(15-20)16-23/h2,4-7,14-15,24H,3,8-13H2,1H3. The van der Waals surface area contributed by atoms with Crippen molar-refractivity contribution in [2.24, 2.45) is 0 Å². The van der Waals surface area contributed by atoms with E-state index in [2.05, 4.69) is 45.7 Å². The van der Waals surface area contributed by atoms with Crippen molar-refractivity contribution in [3.63, 3.8) is 0 Å². The third-order valence-electron chi connectivity index (χ3n) is 5.05. The first-order chi connectivity index (χ1) is 13.9. The van der Waals surface area contributed by atoms with Gasteiger partial charge in [0.2, 0.25) is 10.0 Å². The molecule has 0 aromatic heterocycles. The first-order valence-corrected chi connectivity index (χ1v) is 11.5. The van der Waals surface area contributed by atoms with Gasteiger partial charge in [0.25, 0.3) is 0 Å². The molecule has 0 aliphatic carbocycles. The molecule has 1 aliphatic rings. The number of aryl methyl sites for hydroxylation is 1. The minimum atomic E-state index is -3.65. The highest BCUT2D eigenvalue weighted by molar-refractivity contribution is 7.89. The molecule has 3 rings (SSSR count). The summed E-state index contributed by atoms with van der Waals surface area (Å²) < 4.78 is 27.4. The summed E-state index contributed by atoms with van der Waals surface area (Å²) in [5, 5.41) is 9.26. The largest absolute Gasteiger partial charge is 0.369 e. The highest BCUT2D eigenvalue weighted by atomic mass is 35.5. The fraction of sp³-hybridized carbons (Fsp3) is 0.381. The predicted molar refractivity (Wildman–Crippen MR) is 116 cm³/mol. The summed E-state index contributed by atoms with van der Waals surface area (Å²) in [6.07, 6.45) is 0.725. The van der Waals surface area contributed by atoms with E-state index < -0.39 is 10.0 Å². The van der Waals surface area contributed by atoms with E-state index in [9.17, 15) is 8.42 Å². The number of hydrogen-bond donors (Lipinski definition) is 1. The molecule has 0 amide bonds. The lowest BCUT2D eigenvalue weighted by Crippen LogP contribution is -2.47. The molecule has 154 valence electrons. The second-order valence-corrected chi connectivity index (χ2v) is 9.35. The zero-order valence-electron chi connectivity index (χ0n) is 16.4. The molecule has 29 heavy (non-hydrogen) atoms. The molecule has 1 saturated heterocycles. The SMILES string of the molecule is Cc1cccc(N2CCN(CCCNS(=O)(=O)c3ccc(Cl)c(C#N)c3)CC2)c1. The van der Waals surface area contributed by atoms with Gasteiger partial charge in [0, 0.05) is 38.4 Å². The second kappa shape index (κ2) is 9.59. The Morgan fingerprint density at radius 2 is 1.90 bits per heavy atom. The minimum absolute atomic E-state index is 0.0604. The molecule has 6 nitrogen and oxygen atoms in total. The van der Waals surface area contributed by atoms with Crippen LogP contribution in [0, 0.1) is 18.3 Å². The molecule has 1 heterocycles. The Bertz CT molecular complexity index is 996. The Labute approximate surface area is 177 Å².